The topological polar surface area (TPSA) is 78.5 Å². The lowest BCUT2D eigenvalue weighted by atomic mass is 10.0. The fourth-order valence-electron chi connectivity index (χ4n) is 2.69. The van der Waals surface area contributed by atoms with E-state index in [0.29, 0.717) is 12.6 Å². The molecular weight excluding hydrogens is 418 g/mol. The molecule has 26 heavy (non-hydrogen) atoms. The third-order valence-corrected chi connectivity index (χ3v) is 6.73. The van der Waals surface area contributed by atoms with Crippen molar-refractivity contribution in [2.45, 2.75) is 56.6 Å². The largest absolute Gasteiger partial charge is 0.353 e. The van der Waals surface area contributed by atoms with Crippen molar-refractivity contribution in [3.8, 4) is 0 Å². The quantitative estimate of drug-likeness (QED) is 0.611. The minimum Gasteiger partial charge on any atom is -0.353 e. The van der Waals surface area contributed by atoms with E-state index in [1.807, 2.05) is 13.8 Å². The van der Waals surface area contributed by atoms with Gasteiger partial charge in [0.2, 0.25) is 15.9 Å². The van der Waals surface area contributed by atoms with Gasteiger partial charge in [0.1, 0.15) is 6.04 Å². The van der Waals surface area contributed by atoms with Crippen molar-refractivity contribution in [3.63, 3.8) is 0 Å². The zero-order valence-electron chi connectivity index (χ0n) is 15.7. The smallest absolute Gasteiger partial charge is 0.241 e. The number of nitrogens with zero attached hydrogens (tertiary/aromatic N) is 1. The highest BCUT2D eigenvalue weighted by Gasteiger charge is 2.31. The Bertz CT molecular complexity index is 718. The van der Waals surface area contributed by atoms with Gasteiger partial charge in [-0.2, -0.15) is 4.72 Å². The second-order valence-corrected chi connectivity index (χ2v) is 9.92. The number of carbonyl (C=O) groups excluding carboxylic acids is 1. The molecule has 0 saturated heterocycles. The zero-order valence-corrected chi connectivity index (χ0v) is 18.1. The summed E-state index contributed by atoms with van der Waals surface area (Å²) in [7, 11) is -1.71. The van der Waals surface area contributed by atoms with Crippen LogP contribution in [0.15, 0.2) is 33.6 Å². The molecule has 1 saturated carbocycles. The normalized spacial score (nSPS) is 17.3. The Kier molecular flexibility index (Phi) is 7.24. The number of sulfonamides is 1. The summed E-state index contributed by atoms with van der Waals surface area (Å²) in [5.41, 5.74) is 0. The van der Waals surface area contributed by atoms with Crippen molar-refractivity contribution in [1.82, 2.24) is 14.9 Å². The van der Waals surface area contributed by atoms with Crippen molar-refractivity contribution in [1.29, 1.82) is 0 Å². The molecule has 0 radical (unpaired) electrons. The van der Waals surface area contributed by atoms with Crippen molar-refractivity contribution in [2.75, 3.05) is 13.6 Å². The van der Waals surface area contributed by atoms with Gasteiger partial charge in [-0.1, -0.05) is 29.8 Å². The van der Waals surface area contributed by atoms with Gasteiger partial charge < -0.3 is 5.32 Å². The predicted octanol–water partition coefficient (Wildman–Crippen LogP) is 2.35. The molecule has 2 N–H and O–H groups in total. The number of likely N-dealkylation sites (N-methyl/N-ethyl adjacent to an activating group) is 1. The van der Waals surface area contributed by atoms with Gasteiger partial charge in [0, 0.05) is 23.1 Å². The summed E-state index contributed by atoms with van der Waals surface area (Å²) in [4.78, 5) is 15.0. The van der Waals surface area contributed by atoms with Gasteiger partial charge in [-0.15, -0.1) is 0 Å². The SMILES string of the molecule is CC(C)[C@H](NS(=O)(=O)c1ccc(Br)cc1)C(=O)NCC(C)N(C)C1CC1. The summed E-state index contributed by atoms with van der Waals surface area (Å²) in [5.74, 6) is -0.464. The first-order valence-corrected chi connectivity index (χ1v) is 11.2. The van der Waals surface area contributed by atoms with Crippen LogP contribution in [-0.4, -0.2) is 50.9 Å². The summed E-state index contributed by atoms with van der Waals surface area (Å²) < 4.78 is 28.5. The molecule has 0 aromatic heterocycles. The van der Waals surface area contributed by atoms with Crippen molar-refractivity contribution < 1.29 is 13.2 Å². The highest BCUT2D eigenvalue weighted by atomic mass is 79.9. The molecule has 1 aliphatic rings. The van der Waals surface area contributed by atoms with Gasteiger partial charge in [-0.25, -0.2) is 8.42 Å². The van der Waals surface area contributed by atoms with Crippen molar-refractivity contribution in [2.24, 2.45) is 5.92 Å². The molecule has 0 bridgehead atoms. The lowest BCUT2D eigenvalue weighted by Gasteiger charge is -2.27. The number of hydrogen-bond donors (Lipinski definition) is 2. The lowest BCUT2D eigenvalue weighted by molar-refractivity contribution is -0.123. The van der Waals surface area contributed by atoms with Crippen LogP contribution < -0.4 is 10.0 Å². The van der Waals surface area contributed by atoms with E-state index in [4.69, 9.17) is 0 Å². The number of hydrogen-bond acceptors (Lipinski definition) is 4. The fraction of sp³-hybridized carbons (Fsp3) is 0.611. The molecule has 2 rings (SSSR count). The van der Waals surface area contributed by atoms with Gasteiger partial charge in [-0.05, 0) is 57.0 Å². The second kappa shape index (κ2) is 8.82. The van der Waals surface area contributed by atoms with Crippen LogP contribution in [0.1, 0.15) is 33.6 Å². The van der Waals surface area contributed by atoms with E-state index >= 15 is 0 Å². The van der Waals surface area contributed by atoms with E-state index in [1.165, 1.54) is 25.0 Å². The Morgan fingerprint density at radius 2 is 1.81 bits per heavy atom. The number of halogens is 1. The third-order valence-electron chi connectivity index (χ3n) is 4.74. The number of nitrogens with one attached hydrogen (secondary N) is 2. The van der Waals surface area contributed by atoms with Crippen LogP contribution in [0.25, 0.3) is 0 Å². The predicted molar refractivity (Wildman–Crippen MR) is 106 cm³/mol. The van der Waals surface area contributed by atoms with E-state index < -0.39 is 16.1 Å². The Morgan fingerprint density at radius 3 is 2.31 bits per heavy atom. The first-order chi connectivity index (χ1) is 12.1. The van der Waals surface area contributed by atoms with Crippen molar-refractivity contribution in [3.05, 3.63) is 28.7 Å². The third kappa shape index (κ3) is 5.77. The average Bonchev–Trinajstić information content (AvgIpc) is 3.41. The summed E-state index contributed by atoms with van der Waals surface area (Å²) in [6.07, 6.45) is 2.41. The van der Waals surface area contributed by atoms with Gasteiger partial charge >= 0.3 is 0 Å². The highest BCUT2D eigenvalue weighted by Crippen LogP contribution is 2.26. The summed E-state index contributed by atoms with van der Waals surface area (Å²) in [6.45, 7) is 6.21. The minimum absolute atomic E-state index is 0.140. The maximum Gasteiger partial charge on any atom is 0.241 e. The molecule has 1 unspecified atom stereocenters. The highest BCUT2D eigenvalue weighted by molar-refractivity contribution is 9.10. The maximum atomic E-state index is 12.6. The first-order valence-electron chi connectivity index (χ1n) is 8.89. The second-order valence-electron chi connectivity index (χ2n) is 7.29. The van der Waals surface area contributed by atoms with Gasteiger partial charge in [0.25, 0.3) is 0 Å². The molecule has 1 aliphatic carbocycles. The zero-order chi connectivity index (χ0) is 19.5. The van der Waals surface area contributed by atoms with Crippen LogP contribution in [-0.2, 0) is 14.8 Å². The summed E-state index contributed by atoms with van der Waals surface area (Å²) in [6, 6.07) is 6.34. The minimum atomic E-state index is -3.77. The number of carbonyl (C=O) groups is 1. The Balaban J connectivity index is 2.00. The Morgan fingerprint density at radius 1 is 1.23 bits per heavy atom. The molecule has 146 valence electrons. The van der Waals surface area contributed by atoms with E-state index in [1.54, 1.807) is 12.1 Å². The molecule has 0 aliphatic heterocycles. The molecule has 1 aromatic carbocycles. The van der Waals surface area contributed by atoms with E-state index in [0.717, 1.165) is 4.47 Å². The monoisotopic (exact) mass is 445 g/mol. The first kappa shape index (κ1) is 21.3. The summed E-state index contributed by atoms with van der Waals surface area (Å²) >= 11 is 3.29. The standard InChI is InChI=1S/C18H28BrN3O3S/c1-12(2)17(18(23)20-11-13(3)22(4)15-7-8-15)21-26(24,25)16-9-5-14(19)6-10-16/h5-6,9-10,12-13,15,17,21H,7-8,11H2,1-4H3,(H,20,23)/t13?,17-/m0/s1. The molecule has 8 heteroatoms. The molecule has 1 aromatic rings. The van der Waals surface area contributed by atoms with Crippen LogP contribution >= 0.6 is 15.9 Å². The molecule has 2 atom stereocenters. The van der Waals surface area contributed by atoms with Gasteiger partial charge in [0.05, 0.1) is 4.90 Å². The van der Waals surface area contributed by atoms with Gasteiger partial charge in [0.15, 0.2) is 0 Å². The average molecular weight is 446 g/mol. The molecule has 6 nitrogen and oxygen atoms in total. The fourth-order valence-corrected chi connectivity index (χ4v) is 4.29. The van der Waals surface area contributed by atoms with Crippen LogP contribution in [0.4, 0.5) is 0 Å². The molecular formula is C18H28BrN3O3S. The van der Waals surface area contributed by atoms with Crippen molar-refractivity contribution >= 4 is 31.9 Å². The molecule has 0 spiro atoms. The van der Waals surface area contributed by atoms with Crippen LogP contribution in [0.3, 0.4) is 0 Å². The molecule has 0 heterocycles. The summed E-state index contributed by atoms with van der Waals surface area (Å²) in [5, 5.41) is 2.90. The number of amides is 1. The maximum absolute atomic E-state index is 12.6. The van der Waals surface area contributed by atoms with E-state index in [9.17, 15) is 13.2 Å². The molecule has 1 fully saturated rings. The lowest BCUT2D eigenvalue weighted by Crippen LogP contribution is -2.52. The molecule has 1 amide bonds. The number of rotatable bonds is 9. The Labute approximate surface area is 164 Å². The van der Waals surface area contributed by atoms with Crippen LogP contribution in [0, 0.1) is 5.92 Å². The van der Waals surface area contributed by atoms with Crippen LogP contribution in [0.5, 0.6) is 0 Å². The van der Waals surface area contributed by atoms with Crippen LogP contribution in [0.2, 0.25) is 0 Å². The van der Waals surface area contributed by atoms with E-state index in [2.05, 4.69) is 44.8 Å². The Hall–Kier alpha value is -0.960. The number of benzene rings is 1. The van der Waals surface area contributed by atoms with Gasteiger partial charge in [-0.3, -0.25) is 9.69 Å². The van der Waals surface area contributed by atoms with E-state index in [-0.39, 0.29) is 22.8 Å².